The Bertz CT molecular complexity index is 790. The van der Waals surface area contributed by atoms with Crippen LogP contribution in [0.15, 0.2) is 30.7 Å². The van der Waals surface area contributed by atoms with E-state index in [4.69, 9.17) is 16.3 Å². The van der Waals surface area contributed by atoms with Gasteiger partial charge in [0.15, 0.2) is 0 Å². The van der Waals surface area contributed by atoms with Crippen LogP contribution in [0.2, 0.25) is 5.02 Å². The van der Waals surface area contributed by atoms with Crippen molar-refractivity contribution < 1.29 is 9.66 Å². The van der Waals surface area contributed by atoms with Crippen LogP contribution in [-0.4, -0.2) is 19.9 Å². The van der Waals surface area contributed by atoms with Gasteiger partial charge >= 0.3 is 5.69 Å². The number of halogens is 1. The molecule has 3 aromatic rings. The van der Waals surface area contributed by atoms with E-state index in [9.17, 15) is 10.1 Å². The van der Waals surface area contributed by atoms with Crippen LogP contribution in [0.5, 0.6) is 5.75 Å². The summed E-state index contributed by atoms with van der Waals surface area (Å²) in [5, 5.41) is 11.7. The summed E-state index contributed by atoms with van der Waals surface area (Å²) in [7, 11) is 0. The van der Waals surface area contributed by atoms with E-state index in [1.165, 1.54) is 17.5 Å². The van der Waals surface area contributed by atoms with Gasteiger partial charge in [0.2, 0.25) is 5.75 Å². The molecule has 0 amide bonds. The van der Waals surface area contributed by atoms with Crippen molar-refractivity contribution >= 4 is 39.0 Å². The van der Waals surface area contributed by atoms with E-state index in [-0.39, 0.29) is 23.1 Å². The summed E-state index contributed by atoms with van der Waals surface area (Å²) in [4.78, 5) is 23.3. The summed E-state index contributed by atoms with van der Waals surface area (Å²) in [5.74, 6) is -0.0103. The van der Waals surface area contributed by atoms with Crippen LogP contribution < -0.4 is 4.74 Å². The van der Waals surface area contributed by atoms with Gasteiger partial charge in [0, 0.05) is 12.4 Å². The van der Waals surface area contributed by atoms with Crippen molar-refractivity contribution in [3.8, 4) is 5.75 Å². The van der Waals surface area contributed by atoms with Crippen LogP contribution >= 0.6 is 22.9 Å². The van der Waals surface area contributed by atoms with Gasteiger partial charge < -0.3 is 4.74 Å². The predicted octanol–water partition coefficient (Wildman–Crippen LogP) is 3.23. The van der Waals surface area contributed by atoms with Crippen LogP contribution in [0.25, 0.3) is 10.3 Å². The Hall–Kier alpha value is -2.32. The summed E-state index contributed by atoms with van der Waals surface area (Å²) in [5.41, 5.74) is 0.484. The molecule has 0 atom stereocenters. The zero-order valence-corrected chi connectivity index (χ0v) is 12.0. The molecule has 0 saturated carbocycles. The highest BCUT2D eigenvalue weighted by Crippen LogP contribution is 2.34. The van der Waals surface area contributed by atoms with Crippen LogP contribution in [-0.2, 0) is 6.61 Å². The molecule has 0 radical (unpaired) electrons. The fourth-order valence-corrected chi connectivity index (χ4v) is 2.72. The molecule has 0 aliphatic rings. The fraction of sp³-hybridized carbons (Fsp3) is 0.0833. The lowest BCUT2D eigenvalue weighted by Crippen LogP contribution is -2.00. The molecule has 0 aliphatic heterocycles. The van der Waals surface area contributed by atoms with E-state index in [1.807, 2.05) is 6.07 Å². The number of fused-ring (bicyclic) bond motifs is 1. The molecule has 7 nitrogen and oxygen atoms in total. The monoisotopic (exact) mass is 322 g/mol. The first kappa shape index (κ1) is 13.7. The average molecular weight is 323 g/mol. The van der Waals surface area contributed by atoms with Gasteiger partial charge in [0.25, 0.3) is 0 Å². The fourth-order valence-electron chi connectivity index (χ4n) is 1.70. The Kier molecular flexibility index (Phi) is 3.63. The van der Waals surface area contributed by atoms with Gasteiger partial charge in [-0.05, 0) is 12.1 Å². The normalized spacial score (nSPS) is 10.7. The third-order valence-electron chi connectivity index (χ3n) is 2.58. The van der Waals surface area contributed by atoms with Crippen LogP contribution in [0, 0.1) is 10.1 Å². The first-order chi connectivity index (χ1) is 10.1. The Morgan fingerprint density at radius 2 is 2.29 bits per heavy atom. The van der Waals surface area contributed by atoms with Crippen molar-refractivity contribution in [1.82, 2.24) is 15.0 Å². The molecule has 0 bridgehead atoms. The summed E-state index contributed by atoms with van der Waals surface area (Å²) in [6.07, 6.45) is 4.07. The predicted molar refractivity (Wildman–Crippen MR) is 77.6 cm³/mol. The maximum atomic E-state index is 10.9. The summed E-state index contributed by atoms with van der Waals surface area (Å²) in [6.45, 7) is 0.0750. The zero-order valence-electron chi connectivity index (χ0n) is 10.4. The quantitative estimate of drug-likeness (QED) is 0.541. The van der Waals surface area contributed by atoms with Crippen molar-refractivity contribution in [3.05, 3.63) is 50.9 Å². The van der Waals surface area contributed by atoms with Gasteiger partial charge in [-0.3, -0.25) is 15.1 Å². The lowest BCUT2D eigenvalue weighted by atomic mass is 10.4. The van der Waals surface area contributed by atoms with Gasteiger partial charge in [0.05, 0.1) is 4.92 Å². The van der Waals surface area contributed by atoms with Gasteiger partial charge in [0.1, 0.15) is 33.2 Å². The second-order valence-corrected chi connectivity index (χ2v) is 5.42. The van der Waals surface area contributed by atoms with Gasteiger partial charge in [-0.25, -0.2) is 9.97 Å². The number of ether oxygens (including phenoxy) is 1. The molecule has 21 heavy (non-hydrogen) atoms. The number of thiazole rings is 1. The van der Waals surface area contributed by atoms with Crippen LogP contribution in [0.3, 0.4) is 0 Å². The molecule has 0 saturated heterocycles. The Labute approximate surface area is 127 Å². The highest BCUT2D eigenvalue weighted by Gasteiger charge is 2.20. The Balaban J connectivity index is 1.86. The summed E-state index contributed by atoms with van der Waals surface area (Å²) >= 11 is 7.26. The standard InChI is InChI=1S/C12H7ClN4O3S/c13-7-4-14-5-9(17(18)19)11(7)20-6-10-16-8-2-1-3-15-12(8)21-10/h1-5H,6H2. The molecular formula is C12H7ClN4O3S. The number of hydrogen-bond donors (Lipinski definition) is 0. The van der Waals surface area contributed by atoms with E-state index in [0.717, 1.165) is 16.5 Å². The summed E-state index contributed by atoms with van der Waals surface area (Å²) in [6, 6.07) is 3.63. The molecule has 0 spiro atoms. The lowest BCUT2D eigenvalue weighted by molar-refractivity contribution is -0.386. The molecule has 0 aliphatic carbocycles. The number of rotatable bonds is 4. The van der Waals surface area contributed by atoms with Gasteiger partial charge in [-0.2, -0.15) is 0 Å². The molecule has 0 N–H and O–H groups in total. The maximum Gasteiger partial charge on any atom is 0.330 e. The smallest absolute Gasteiger partial charge is 0.330 e. The largest absolute Gasteiger partial charge is 0.478 e. The number of nitro groups is 1. The minimum absolute atomic E-state index is 0.0103. The molecule has 0 fully saturated rings. The molecule has 106 valence electrons. The second-order valence-electron chi connectivity index (χ2n) is 3.95. The van der Waals surface area contributed by atoms with Crippen LogP contribution in [0.1, 0.15) is 5.01 Å². The maximum absolute atomic E-state index is 10.9. The SMILES string of the molecule is O=[N+]([O-])c1cncc(Cl)c1OCc1nc2cccnc2s1. The van der Waals surface area contributed by atoms with Crippen molar-refractivity contribution in [1.29, 1.82) is 0 Å². The second kappa shape index (κ2) is 5.58. The van der Waals surface area contributed by atoms with Crippen molar-refractivity contribution in [2.24, 2.45) is 0 Å². The highest BCUT2D eigenvalue weighted by molar-refractivity contribution is 7.18. The Morgan fingerprint density at radius 3 is 3.05 bits per heavy atom. The zero-order chi connectivity index (χ0) is 14.8. The average Bonchev–Trinajstić information content (AvgIpc) is 2.88. The first-order valence-electron chi connectivity index (χ1n) is 5.76. The van der Waals surface area contributed by atoms with E-state index in [2.05, 4.69) is 15.0 Å². The highest BCUT2D eigenvalue weighted by atomic mass is 35.5. The minimum atomic E-state index is -0.589. The van der Waals surface area contributed by atoms with Gasteiger partial charge in [-0.15, -0.1) is 0 Å². The molecule has 3 heterocycles. The van der Waals surface area contributed by atoms with E-state index < -0.39 is 4.92 Å². The van der Waals surface area contributed by atoms with Crippen LogP contribution in [0.4, 0.5) is 5.69 Å². The number of aromatic nitrogens is 3. The summed E-state index contributed by atoms with van der Waals surface area (Å²) < 4.78 is 5.45. The molecule has 3 aromatic heterocycles. The van der Waals surface area contributed by atoms with Crippen molar-refractivity contribution in [2.45, 2.75) is 6.61 Å². The van der Waals surface area contributed by atoms with Crippen molar-refractivity contribution in [2.75, 3.05) is 0 Å². The van der Waals surface area contributed by atoms with E-state index in [0.29, 0.717) is 5.01 Å². The molecular weight excluding hydrogens is 316 g/mol. The first-order valence-corrected chi connectivity index (χ1v) is 6.95. The molecule has 0 aromatic carbocycles. The molecule has 0 unspecified atom stereocenters. The molecule has 3 rings (SSSR count). The van der Waals surface area contributed by atoms with Crippen molar-refractivity contribution in [3.63, 3.8) is 0 Å². The van der Waals surface area contributed by atoms with E-state index in [1.54, 1.807) is 12.3 Å². The third kappa shape index (κ3) is 2.76. The lowest BCUT2D eigenvalue weighted by Gasteiger charge is -2.05. The number of pyridine rings is 2. The number of nitrogens with zero attached hydrogens (tertiary/aromatic N) is 4. The topological polar surface area (TPSA) is 91.0 Å². The Morgan fingerprint density at radius 1 is 1.43 bits per heavy atom. The van der Waals surface area contributed by atoms with E-state index >= 15 is 0 Å². The van der Waals surface area contributed by atoms with Gasteiger partial charge in [-0.1, -0.05) is 22.9 Å². The minimum Gasteiger partial charge on any atom is -0.478 e. The third-order valence-corrected chi connectivity index (χ3v) is 3.80. The molecule has 9 heteroatoms. The number of hydrogen-bond acceptors (Lipinski definition) is 7.